The van der Waals surface area contributed by atoms with Crippen molar-refractivity contribution in [1.82, 2.24) is 0 Å². The zero-order chi connectivity index (χ0) is 29.1. The molecular weight excluding hydrogens is 554 g/mol. The van der Waals surface area contributed by atoms with E-state index in [1.54, 1.807) is 0 Å². The Balaban J connectivity index is 0.00000113. The maximum atomic E-state index is 8.00. The highest BCUT2D eigenvalue weighted by molar-refractivity contribution is 8.01. The molecule has 0 heterocycles. The maximum Gasteiger partial charge on any atom is 0.228 e. The van der Waals surface area contributed by atoms with Crippen LogP contribution in [0.4, 0.5) is 0 Å². The number of benzene rings is 6. The Bertz CT molecular complexity index is 1540. The van der Waals surface area contributed by atoms with Crippen molar-refractivity contribution < 1.29 is 0 Å². The van der Waals surface area contributed by atoms with Crippen molar-refractivity contribution in [3.63, 3.8) is 0 Å². The number of nitrogens with zero attached hydrogens (tertiary/aromatic N) is 2. The summed E-state index contributed by atoms with van der Waals surface area (Å²) in [6, 6.07) is 65.7. The molecule has 0 aromatic heterocycles. The van der Waals surface area contributed by atoms with Gasteiger partial charge in [-0.2, -0.15) is 0 Å². The van der Waals surface area contributed by atoms with Gasteiger partial charge in [-0.3, -0.25) is 0 Å². The second-order valence-electron chi connectivity index (χ2n) is 9.45. The molecule has 0 fully saturated rings. The molecule has 6 aromatic carbocycles. The molecule has 42 heavy (non-hydrogen) atoms. The van der Waals surface area contributed by atoms with E-state index in [0.29, 0.717) is 0 Å². The summed E-state index contributed by atoms with van der Waals surface area (Å²) in [6.45, 7) is 0. The van der Waals surface area contributed by atoms with Crippen LogP contribution in [0.2, 0.25) is 0 Å². The number of hydrogen-bond acceptors (Lipinski definition) is 4. The first-order valence-electron chi connectivity index (χ1n) is 13.6. The molecule has 0 unspecified atom stereocenters. The highest BCUT2D eigenvalue weighted by Crippen LogP contribution is 2.65. The van der Waals surface area contributed by atoms with Crippen LogP contribution in [0.5, 0.6) is 0 Å². The van der Waals surface area contributed by atoms with Gasteiger partial charge < -0.3 is 10.1 Å². The van der Waals surface area contributed by atoms with E-state index in [0.717, 1.165) is 5.34 Å². The molecule has 0 saturated carbocycles. The Labute approximate surface area is 247 Å². The van der Waals surface area contributed by atoms with Crippen molar-refractivity contribution >= 4 is 46.3 Å². The Kier molecular flexibility index (Phi) is 9.51. The largest absolute Gasteiger partial charge is 0.444 e. The van der Waals surface area contributed by atoms with Crippen molar-refractivity contribution in [3.05, 3.63) is 192 Å². The smallest absolute Gasteiger partial charge is 0.228 e. The Hall–Kier alpha value is -4.62. The van der Waals surface area contributed by atoms with Gasteiger partial charge in [0.1, 0.15) is 23.0 Å². The summed E-state index contributed by atoms with van der Waals surface area (Å²) in [5.41, 5.74) is 0. The Morgan fingerprint density at radius 1 is 0.405 bits per heavy atom. The van der Waals surface area contributed by atoms with E-state index in [2.05, 4.69) is 182 Å². The average molecular weight is 585 g/mol. The Morgan fingerprint density at radius 3 is 0.857 bits per heavy atom. The van der Waals surface area contributed by atoms with Crippen LogP contribution in [0.3, 0.4) is 0 Å². The third-order valence-corrected chi connectivity index (χ3v) is 15.5. The third kappa shape index (κ3) is 5.74. The molecule has 4 nitrogen and oxygen atoms in total. The second kappa shape index (κ2) is 13.8. The van der Waals surface area contributed by atoms with Gasteiger partial charge in [0.15, 0.2) is 0 Å². The monoisotopic (exact) mass is 584 g/mol. The first kappa shape index (κ1) is 28.9. The predicted octanol–water partition coefficient (Wildman–Crippen LogP) is 7.32. The fraction of sp³-hybridized carbons (Fsp3) is 0. The van der Waals surface area contributed by atoms with Crippen LogP contribution in [0.25, 0.3) is 0 Å². The van der Waals surface area contributed by atoms with E-state index in [1.807, 2.05) is 0 Å². The summed E-state index contributed by atoms with van der Waals surface area (Å²) < 4.78 is 6.38. The summed E-state index contributed by atoms with van der Waals surface area (Å²) in [7, 11) is -4.99. The van der Waals surface area contributed by atoms with Gasteiger partial charge in [0.05, 0.1) is 0 Å². The minimum atomic E-state index is -2.50. The van der Waals surface area contributed by atoms with Crippen molar-refractivity contribution in [3.8, 4) is 0 Å². The molecule has 6 aromatic rings. The van der Waals surface area contributed by atoms with Crippen LogP contribution in [-0.2, 0) is 0 Å². The van der Waals surface area contributed by atoms with E-state index in [-0.39, 0.29) is 0 Å². The minimum absolute atomic E-state index is 1.00. The molecule has 0 aliphatic rings. The summed E-state index contributed by atoms with van der Waals surface area (Å²) in [4.78, 5) is 8.00. The van der Waals surface area contributed by atoms with Gasteiger partial charge in [-0.25, -0.2) is 0 Å². The van der Waals surface area contributed by atoms with Gasteiger partial charge in [0.25, 0.3) is 0 Å². The standard InChI is InChI=1S/C36H30NP2.HNO2/c1-7-19-31(20-8-1)38(32-21-9-2-10-22-32,33-23-11-3-12-24-33)37-39(34-25-13-4-14-26-34,35-27-15-5-16-28-35)36-29-17-6-18-30-36;2-1-3/h1-30H;(H,2,3)/q+1;/p-1. The van der Waals surface area contributed by atoms with Crippen LogP contribution < -0.4 is 31.8 Å². The summed E-state index contributed by atoms with van der Waals surface area (Å²) in [6.07, 6.45) is 0. The first-order chi connectivity index (χ1) is 20.8. The van der Waals surface area contributed by atoms with Crippen molar-refractivity contribution in [2.45, 2.75) is 0 Å². The summed E-state index contributed by atoms with van der Waals surface area (Å²) in [5.74, 6) is 0. The number of hydrogen-bond donors (Lipinski definition) is 0. The summed E-state index contributed by atoms with van der Waals surface area (Å²) >= 11 is 0. The molecule has 0 aliphatic heterocycles. The van der Waals surface area contributed by atoms with Gasteiger partial charge in [-0.15, -0.1) is 9.86 Å². The summed E-state index contributed by atoms with van der Waals surface area (Å²) in [5, 5.41) is 16.6. The van der Waals surface area contributed by atoms with Gasteiger partial charge in [-0.05, 0) is 36.4 Å². The zero-order valence-corrected chi connectivity index (χ0v) is 24.7. The normalized spacial score (nSPS) is 11.0. The fourth-order valence-corrected chi connectivity index (χ4v) is 14.8. The Morgan fingerprint density at radius 2 is 0.619 bits per heavy atom. The fourth-order valence-electron chi connectivity index (χ4n) is 5.27. The quantitative estimate of drug-likeness (QED) is 0.112. The lowest BCUT2D eigenvalue weighted by atomic mass is 10.4. The lowest BCUT2D eigenvalue weighted by Crippen LogP contribution is -2.32. The van der Waals surface area contributed by atoms with E-state index in [4.69, 9.17) is 14.6 Å². The molecule has 0 atom stereocenters. The maximum absolute atomic E-state index is 8.00. The van der Waals surface area contributed by atoms with Crippen LogP contribution in [0, 0.1) is 10.1 Å². The van der Waals surface area contributed by atoms with Gasteiger partial charge in [0, 0.05) is 15.9 Å². The molecule has 0 bridgehead atoms. The molecule has 0 radical (unpaired) electrons. The molecular formula is C36H30N2O2P2. The minimum Gasteiger partial charge on any atom is -0.444 e. The van der Waals surface area contributed by atoms with E-state index in [9.17, 15) is 0 Å². The molecule has 0 spiro atoms. The van der Waals surface area contributed by atoms with Crippen molar-refractivity contribution in [2.24, 2.45) is 9.86 Å². The SMILES string of the molecule is O=N[O-].c1ccc(P(=N[P+](c2ccccc2)(c2ccccc2)c2ccccc2)(c2ccccc2)c2ccccc2)cc1. The highest BCUT2D eigenvalue weighted by atomic mass is 31.2. The van der Waals surface area contributed by atoms with E-state index >= 15 is 0 Å². The predicted molar refractivity (Wildman–Crippen MR) is 182 cm³/mol. The molecule has 0 amide bonds. The topological polar surface area (TPSA) is 64.8 Å². The van der Waals surface area contributed by atoms with Gasteiger partial charge >= 0.3 is 0 Å². The average Bonchev–Trinajstić information content (AvgIpc) is 3.08. The van der Waals surface area contributed by atoms with Gasteiger partial charge in [-0.1, -0.05) is 146 Å². The molecule has 206 valence electrons. The lowest BCUT2D eigenvalue weighted by Gasteiger charge is -2.31. The second-order valence-corrected chi connectivity index (χ2v) is 15.8. The first-order valence-corrected chi connectivity index (χ1v) is 17.1. The molecule has 0 saturated heterocycles. The third-order valence-electron chi connectivity index (χ3n) is 7.05. The van der Waals surface area contributed by atoms with Crippen LogP contribution in [0.15, 0.2) is 192 Å². The van der Waals surface area contributed by atoms with Crippen LogP contribution in [-0.4, -0.2) is 0 Å². The number of rotatable bonds is 7. The highest BCUT2D eigenvalue weighted by Gasteiger charge is 2.49. The molecule has 6 rings (SSSR count). The van der Waals surface area contributed by atoms with Crippen molar-refractivity contribution in [2.75, 3.05) is 0 Å². The molecule has 0 aliphatic carbocycles. The van der Waals surface area contributed by atoms with Crippen LogP contribution in [0.1, 0.15) is 0 Å². The van der Waals surface area contributed by atoms with Crippen LogP contribution >= 0.6 is 14.5 Å². The van der Waals surface area contributed by atoms with E-state index in [1.165, 1.54) is 31.8 Å². The molecule has 0 N–H and O–H groups in total. The van der Waals surface area contributed by atoms with Crippen molar-refractivity contribution in [1.29, 1.82) is 0 Å². The zero-order valence-electron chi connectivity index (χ0n) is 22.9. The van der Waals surface area contributed by atoms with E-state index < -0.39 is 14.5 Å². The van der Waals surface area contributed by atoms with Gasteiger partial charge in [0.2, 0.25) is 7.41 Å². The molecule has 6 heteroatoms. The lowest BCUT2D eigenvalue weighted by molar-refractivity contribution is 1.59.